The molecule has 0 aromatic carbocycles. The third-order valence-corrected chi connectivity index (χ3v) is 2.52. The highest BCUT2D eigenvalue weighted by molar-refractivity contribution is 4.91. The van der Waals surface area contributed by atoms with Crippen LogP contribution in [0.4, 0.5) is 0 Å². The monoisotopic (exact) mass is 127 g/mol. The average Bonchev–Trinajstić information content (AvgIpc) is 2.64. The Kier molecular flexibility index (Phi) is 2.12. The first-order chi connectivity index (χ1) is 4.29. The molecule has 0 amide bonds. The molecule has 0 aromatic rings. The van der Waals surface area contributed by atoms with Crippen molar-refractivity contribution in [3.8, 4) is 0 Å². The molecule has 3 atom stereocenters. The van der Waals surface area contributed by atoms with E-state index < -0.39 is 0 Å². The first-order valence-corrected chi connectivity index (χ1v) is 4.05. The Morgan fingerprint density at radius 1 is 1.56 bits per heavy atom. The Labute approximate surface area is 57.6 Å². The summed E-state index contributed by atoms with van der Waals surface area (Å²) in [5.74, 6) is 1.85. The molecule has 2 N–H and O–H groups in total. The highest BCUT2D eigenvalue weighted by Crippen LogP contribution is 2.43. The van der Waals surface area contributed by atoms with Gasteiger partial charge in [-0.25, -0.2) is 0 Å². The zero-order valence-corrected chi connectivity index (χ0v) is 6.43. The molecule has 0 aliphatic heterocycles. The van der Waals surface area contributed by atoms with Gasteiger partial charge in [0, 0.05) is 6.04 Å². The van der Waals surface area contributed by atoms with E-state index in [-0.39, 0.29) is 0 Å². The third kappa shape index (κ3) is 1.45. The molecular weight excluding hydrogens is 110 g/mol. The van der Waals surface area contributed by atoms with E-state index in [4.69, 9.17) is 5.73 Å². The van der Waals surface area contributed by atoms with Crippen molar-refractivity contribution in [1.29, 1.82) is 0 Å². The predicted molar refractivity (Wildman–Crippen MR) is 40.2 cm³/mol. The van der Waals surface area contributed by atoms with Crippen LogP contribution < -0.4 is 5.73 Å². The van der Waals surface area contributed by atoms with Crippen LogP contribution in [0.3, 0.4) is 0 Å². The normalized spacial score (nSPS) is 36.3. The Balaban J connectivity index is 2.17. The van der Waals surface area contributed by atoms with Crippen molar-refractivity contribution in [3.63, 3.8) is 0 Å². The van der Waals surface area contributed by atoms with E-state index in [1.807, 2.05) is 0 Å². The fraction of sp³-hybridized carbons (Fsp3) is 1.00. The number of hydrogen-bond acceptors (Lipinski definition) is 1. The van der Waals surface area contributed by atoms with Gasteiger partial charge in [-0.2, -0.15) is 0 Å². The summed E-state index contributed by atoms with van der Waals surface area (Å²) < 4.78 is 0. The average molecular weight is 127 g/mol. The van der Waals surface area contributed by atoms with Crippen LogP contribution in [0.1, 0.15) is 33.1 Å². The van der Waals surface area contributed by atoms with Crippen LogP contribution in [-0.4, -0.2) is 6.04 Å². The fourth-order valence-corrected chi connectivity index (χ4v) is 1.57. The van der Waals surface area contributed by atoms with Gasteiger partial charge in [-0.3, -0.25) is 0 Å². The van der Waals surface area contributed by atoms with E-state index >= 15 is 0 Å². The smallest absolute Gasteiger partial charge is 0.00672 e. The lowest BCUT2D eigenvalue weighted by atomic mass is 10.1. The molecule has 0 aromatic heterocycles. The van der Waals surface area contributed by atoms with Crippen LogP contribution >= 0.6 is 0 Å². The molecule has 0 saturated heterocycles. The van der Waals surface area contributed by atoms with Gasteiger partial charge < -0.3 is 5.73 Å². The number of rotatable bonds is 3. The summed E-state index contributed by atoms with van der Waals surface area (Å²) in [7, 11) is 0. The lowest BCUT2D eigenvalue weighted by Crippen LogP contribution is -2.21. The molecule has 1 aliphatic carbocycles. The van der Waals surface area contributed by atoms with Crippen LogP contribution in [0.2, 0.25) is 0 Å². The van der Waals surface area contributed by atoms with Gasteiger partial charge in [-0.15, -0.1) is 0 Å². The maximum Gasteiger partial charge on any atom is 0.00672 e. The SMILES string of the molecule is CCC(N)C1CC1CC. The van der Waals surface area contributed by atoms with E-state index in [2.05, 4.69) is 13.8 Å². The van der Waals surface area contributed by atoms with E-state index in [1.54, 1.807) is 0 Å². The van der Waals surface area contributed by atoms with Crippen LogP contribution in [0.25, 0.3) is 0 Å². The second-order valence-electron chi connectivity index (χ2n) is 3.14. The second-order valence-corrected chi connectivity index (χ2v) is 3.14. The van der Waals surface area contributed by atoms with Gasteiger partial charge in [0.2, 0.25) is 0 Å². The molecule has 1 aliphatic rings. The summed E-state index contributed by atoms with van der Waals surface area (Å²) in [4.78, 5) is 0. The maximum absolute atomic E-state index is 5.84. The zero-order valence-electron chi connectivity index (χ0n) is 6.43. The summed E-state index contributed by atoms with van der Waals surface area (Å²) >= 11 is 0. The van der Waals surface area contributed by atoms with E-state index in [0.29, 0.717) is 6.04 Å². The Hall–Kier alpha value is -0.0400. The van der Waals surface area contributed by atoms with Crippen LogP contribution in [-0.2, 0) is 0 Å². The van der Waals surface area contributed by atoms with Gasteiger partial charge in [-0.1, -0.05) is 20.3 Å². The molecule has 0 heterocycles. The van der Waals surface area contributed by atoms with Crippen molar-refractivity contribution >= 4 is 0 Å². The van der Waals surface area contributed by atoms with Crippen LogP contribution in [0, 0.1) is 11.8 Å². The summed E-state index contributed by atoms with van der Waals surface area (Å²) in [5.41, 5.74) is 5.84. The topological polar surface area (TPSA) is 26.0 Å². The Bertz CT molecular complexity index is 90.6. The van der Waals surface area contributed by atoms with Crippen molar-refractivity contribution in [3.05, 3.63) is 0 Å². The summed E-state index contributed by atoms with van der Waals surface area (Å²) in [6, 6.07) is 0.495. The van der Waals surface area contributed by atoms with Crippen LogP contribution in [0.5, 0.6) is 0 Å². The molecule has 0 spiro atoms. The lowest BCUT2D eigenvalue weighted by Gasteiger charge is -2.05. The maximum atomic E-state index is 5.84. The van der Waals surface area contributed by atoms with Crippen molar-refractivity contribution in [1.82, 2.24) is 0 Å². The third-order valence-electron chi connectivity index (χ3n) is 2.52. The molecule has 54 valence electrons. The molecule has 1 fully saturated rings. The first kappa shape index (κ1) is 7.07. The standard InChI is InChI=1S/C8H17N/c1-3-6-5-7(6)8(9)4-2/h6-8H,3-5,9H2,1-2H3. The molecule has 3 unspecified atom stereocenters. The van der Waals surface area contributed by atoms with Gasteiger partial charge in [0.05, 0.1) is 0 Å². The van der Waals surface area contributed by atoms with Crippen molar-refractivity contribution in [2.75, 3.05) is 0 Å². The Morgan fingerprint density at radius 2 is 2.22 bits per heavy atom. The Morgan fingerprint density at radius 3 is 2.56 bits per heavy atom. The van der Waals surface area contributed by atoms with Gasteiger partial charge in [0.1, 0.15) is 0 Å². The number of hydrogen-bond donors (Lipinski definition) is 1. The summed E-state index contributed by atoms with van der Waals surface area (Å²) in [6.45, 7) is 4.43. The van der Waals surface area contributed by atoms with Crippen molar-refractivity contribution in [2.24, 2.45) is 17.6 Å². The van der Waals surface area contributed by atoms with Crippen LogP contribution in [0.15, 0.2) is 0 Å². The quantitative estimate of drug-likeness (QED) is 0.614. The molecule has 1 heteroatoms. The highest BCUT2D eigenvalue weighted by atomic mass is 14.7. The molecule has 9 heavy (non-hydrogen) atoms. The van der Waals surface area contributed by atoms with Crippen molar-refractivity contribution in [2.45, 2.75) is 39.2 Å². The minimum absolute atomic E-state index is 0.495. The molecule has 1 saturated carbocycles. The first-order valence-electron chi connectivity index (χ1n) is 4.05. The molecular formula is C8H17N. The molecule has 1 rings (SSSR count). The summed E-state index contributed by atoms with van der Waals surface area (Å²) in [5, 5.41) is 0. The van der Waals surface area contributed by atoms with Gasteiger partial charge in [0.25, 0.3) is 0 Å². The molecule has 0 bridgehead atoms. The minimum atomic E-state index is 0.495. The minimum Gasteiger partial charge on any atom is -0.327 e. The molecule has 1 nitrogen and oxygen atoms in total. The predicted octanol–water partition coefficient (Wildman–Crippen LogP) is 1.77. The van der Waals surface area contributed by atoms with Gasteiger partial charge >= 0.3 is 0 Å². The zero-order chi connectivity index (χ0) is 6.85. The van der Waals surface area contributed by atoms with E-state index in [1.165, 1.54) is 12.8 Å². The molecule has 0 radical (unpaired) electrons. The lowest BCUT2D eigenvalue weighted by molar-refractivity contribution is 0.529. The number of nitrogens with two attached hydrogens (primary N) is 1. The highest BCUT2D eigenvalue weighted by Gasteiger charge is 2.38. The second kappa shape index (κ2) is 2.70. The fourth-order valence-electron chi connectivity index (χ4n) is 1.57. The van der Waals surface area contributed by atoms with Gasteiger partial charge in [-0.05, 0) is 24.7 Å². The van der Waals surface area contributed by atoms with Crippen molar-refractivity contribution < 1.29 is 0 Å². The van der Waals surface area contributed by atoms with Gasteiger partial charge in [0.15, 0.2) is 0 Å². The summed E-state index contributed by atoms with van der Waals surface area (Å²) in [6.07, 6.45) is 3.88. The largest absolute Gasteiger partial charge is 0.327 e. The van der Waals surface area contributed by atoms with E-state index in [9.17, 15) is 0 Å². The van der Waals surface area contributed by atoms with E-state index in [0.717, 1.165) is 18.3 Å².